The van der Waals surface area contributed by atoms with E-state index in [-0.39, 0.29) is 6.04 Å². The van der Waals surface area contributed by atoms with Crippen LogP contribution in [0.15, 0.2) is 59.5 Å². The van der Waals surface area contributed by atoms with Gasteiger partial charge in [0.25, 0.3) is 0 Å². The minimum Gasteiger partial charge on any atom is -0.316 e. The molecule has 1 aliphatic heterocycles. The number of piperidine rings is 1. The first-order valence-corrected chi connectivity index (χ1v) is 9.38. The highest BCUT2D eigenvalue weighted by molar-refractivity contribution is 7.89. The van der Waals surface area contributed by atoms with Gasteiger partial charge in [0.05, 0.1) is 4.90 Å². The van der Waals surface area contributed by atoms with Crippen molar-refractivity contribution >= 4 is 10.0 Å². The van der Waals surface area contributed by atoms with Crippen LogP contribution in [0.2, 0.25) is 0 Å². The Morgan fingerprint density at radius 1 is 1.00 bits per heavy atom. The normalized spacial score (nSPS) is 19.6. The Kier molecular flexibility index (Phi) is 4.80. The molecule has 0 spiro atoms. The summed E-state index contributed by atoms with van der Waals surface area (Å²) in [5, 5.41) is 3.18. The van der Waals surface area contributed by atoms with Crippen molar-refractivity contribution in [1.29, 1.82) is 0 Å². The minimum atomic E-state index is -3.41. The lowest BCUT2D eigenvalue weighted by Crippen LogP contribution is -2.46. The molecule has 1 atom stereocenters. The number of benzene rings is 2. The number of rotatable bonds is 4. The second kappa shape index (κ2) is 6.83. The van der Waals surface area contributed by atoms with Crippen LogP contribution in [0.5, 0.6) is 0 Å². The minimum absolute atomic E-state index is 0.238. The van der Waals surface area contributed by atoms with Gasteiger partial charge in [0.1, 0.15) is 0 Å². The van der Waals surface area contributed by atoms with E-state index < -0.39 is 10.0 Å². The SMILES string of the molecule is CNC1CCCN(S(=O)(=O)c2ccc(-c3ccccc3)cc2)C1. The fourth-order valence-corrected chi connectivity index (χ4v) is 4.52. The van der Waals surface area contributed by atoms with Gasteiger partial charge in [0.2, 0.25) is 10.0 Å². The Balaban J connectivity index is 1.83. The van der Waals surface area contributed by atoms with Gasteiger partial charge in [0, 0.05) is 19.1 Å². The van der Waals surface area contributed by atoms with E-state index in [0.29, 0.717) is 18.0 Å². The van der Waals surface area contributed by atoms with Crippen molar-refractivity contribution in [2.24, 2.45) is 0 Å². The number of nitrogens with one attached hydrogen (secondary N) is 1. The first kappa shape index (κ1) is 16.2. The average Bonchev–Trinajstić information content (AvgIpc) is 2.62. The summed E-state index contributed by atoms with van der Waals surface area (Å²) in [6, 6.07) is 17.4. The number of hydrogen-bond donors (Lipinski definition) is 1. The molecule has 2 aromatic rings. The van der Waals surface area contributed by atoms with Gasteiger partial charge in [-0.25, -0.2) is 8.42 Å². The second-order valence-electron chi connectivity index (χ2n) is 5.88. The molecule has 1 fully saturated rings. The van der Waals surface area contributed by atoms with E-state index in [1.807, 2.05) is 49.5 Å². The topological polar surface area (TPSA) is 49.4 Å². The maximum atomic E-state index is 12.8. The molecule has 0 amide bonds. The van der Waals surface area contributed by atoms with E-state index in [4.69, 9.17) is 0 Å². The summed E-state index contributed by atoms with van der Waals surface area (Å²) in [7, 11) is -1.53. The Morgan fingerprint density at radius 3 is 2.30 bits per heavy atom. The molecule has 23 heavy (non-hydrogen) atoms. The number of nitrogens with zero attached hydrogens (tertiary/aromatic N) is 1. The Bertz CT molecular complexity index is 742. The van der Waals surface area contributed by atoms with Gasteiger partial charge in [0.15, 0.2) is 0 Å². The number of likely N-dealkylation sites (N-methyl/N-ethyl adjacent to an activating group) is 1. The van der Waals surface area contributed by atoms with Crippen LogP contribution < -0.4 is 5.32 Å². The van der Waals surface area contributed by atoms with Crippen molar-refractivity contribution in [2.45, 2.75) is 23.8 Å². The summed E-state index contributed by atoms with van der Waals surface area (Å²) in [5.74, 6) is 0. The van der Waals surface area contributed by atoms with Crippen molar-refractivity contribution < 1.29 is 8.42 Å². The van der Waals surface area contributed by atoms with Gasteiger partial charge in [-0.1, -0.05) is 42.5 Å². The summed E-state index contributed by atoms with van der Waals surface area (Å²) in [4.78, 5) is 0.369. The zero-order valence-electron chi connectivity index (χ0n) is 13.3. The Hall–Kier alpha value is -1.69. The van der Waals surface area contributed by atoms with Crippen LogP contribution >= 0.6 is 0 Å². The van der Waals surface area contributed by atoms with E-state index in [0.717, 1.165) is 24.0 Å². The third kappa shape index (κ3) is 3.47. The maximum absolute atomic E-state index is 12.8. The standard InChI is InChI=1S/C18H22N2O2S/c1-19-17-8-5-13-20(14-17)23(21,22)18-11-9-16(10-12-18)15-6-3-2-4-7-15/h2-4,6-7,9-12,17,19H,5,8,13-14H2,1H3. The van der Waals surface area contributed by atoms with E-state index in [2.05, 4.69) is 5.32 Å². The highest BCUT2D eigenvalue weighted by Crippen LogP contribution is 2.24. The average molecular weight is 330 g/mol. The largest absolute Gasteiger partial charge is 0.316 e. The molecule has 3 rings (SSSR count). The molecule has 0 aromatic heterocycles. The number of hydrogen-bond acceptors (Lipinski definition) is 3. The highest BCUT2D eigenvalue weighted by Gasteiger charge is 2.29. The van der Waals surface area contributed by atoms with Crippen LogP contribution in [-0.4, -0.2) is 38.9 Å². The van der Waals surface area contributed by atoms with E-state index in [1.54, 1.807) is 16.4 Å². The molecule has 5 heteroatoms. The third-order valence-corrected chi connectivity index (χ3v) is 6.27. The predicted molar refractivity (Wildman–Crippen MR) is 92.7 cm³/mol. The van der Waals surface area contributed by atoms with Crippen molar-refractivity contribution in [1.82, 2.24) is 9.62 Å². The first-order chi connectivity index (χ1) is 11.1. The Morgan fingerprint density at radius 2 is 1.65 bits per heavy atom. The molecule has 1 saturated heterocycles. The van der Waals surface area contributed by atoms with E-state index in [9.17, 15) is 8.42 Å². The molecule has 2 aromatic carbocycles. The van der Waals surface area contributed by atoms with Crippen LogP contribution in [0.4, 0.5) is 0 Å². The van der Waals surface area contributed by atoms with Gasteiger partial charge in [-0.05, 0) is 43.1 Å². The predicted octanol–water partition coefficient (Wildman–Crippen LogP) is 2.73. The molecule has 0 radical (unpaired) electrons. The van der Waals surface area contributed by atoms with Crippen LogP contribution in [0.1, 0.15) is 12.8 Å². The highest BCUT2D eigenvalue weighted by atomic mass is 32.2. The summed E-state index contributed by atoms with van der Waals surface area (Å²) < 4.78 is 27.2. The molecule has 1 aliphatic rings. The smallest absolute Gasteiger partial charge is 0.243 e. The van der Waals surface area contributed by atoms with Crippen LogP contribution in [-0.2, 0) is 10.0 Å². The monoisotopic (exact) mass is 330 g/mol. The quantitative estimate of drug-likeness (QED) is 0.938. The fraction of sp³-hybridized carbons (Fsp3) is 0.333. The van der Waals surface area contributed by atoms with Gasteiger partial charge in [-0.15, -0.1) is 0 Å². The zero-order chi connectivity index (χ0) is 16.3. The lowest BCUT2D eigenvalue weighted by Gasteiger charge is -2.31. The van der Waals surface area contributed by atoms with Crippen LogP contribution in [0.3, 0.4) is 0 Å². The third-order valence-electron chi connectivity index (χ3n) is 4.39. The van der Waals surface area contributed by atoms with Crippen LogP contribution in [0, 0.1) is 0 Å². The molecule has 0 aliphatic carbocycles. The van der Waals surface area contributed by atoms with Crippen molar-refractivity contribution in [2.75, 3.05) is 20.1 Å². The number of sulfonamides is 1. The second-order valence-corrected chi connectivity index (χ2v) is 7.82. The fourth-order valence-electron chi connectivity index (χ4n) is 3.00. The van der Waals surface area contributed by atoms with Crippen LogP contribution in [0.25, 0.3) is 11.1 Å². The molecular weight excluding hydrogens is 308 g/mol. The van der Waals surface area contributed by atoms with Crippen molar-refractivity contribution in [3.63, 3.8) is 0 Å². The van der Waals surface area contributed by atoms with Crippen molar-refractivity contribution in [3.8, 4) is 11.1 Å². The molecular formula is C18H22N2O2S. The molecule has 0 bridgehead atoms. The van der Waals surface area contributed by atoms with Gasteiger partial charge in [-0.3, -0.25) is 0 Å². The summed E-state index contributed by atoms with van der Waals surface area (Å²) in [6.45, 7) is 1.14. The van der Waals surface area contributed by atoms with E-state index >= 15 is 0 Å². The molecule has 1 N–H and O–H groups in total. The van der Waals surface area contributed by atoms with E-state index in [1.165, 1.54) is 0 Å². The maximum Gasteiger partial charge on any atom is 0.243 e. The summed E-state index contributed by atoms with van der Waals surface area (Å²) in [6.07, 6.45) is 1.92. The van der Waals surface area contributed by atoms with Gasteiger partial charge in [-0.2, -0.15) is 4.31 Å². The Labute approximate surface area is 138 Å². The molecule has 122 valence electrons. The lowest BCUT2D eigenvalue weighted by atomic mass is 10.1. The first-order valence-electron chi connectivity index (χ1n) is 7.94. The lowest BCUT2D eigenvalue weighted by molar-refractivity contribution is 0.293. The summed E-state index contributed by atoms with van der Waals surface area (Å²) >= 11 is 0. The zero-order valence-corrected chi connectivity index (χ0v) is 14.1. The molecule has 1 unspecified atom stereocenters. The molecule has 1 heterocycles. The van der Waals surface area contributed by atoms with Gasteiger partial charge >= 0.3 is 0 Å². The summed E-state index contributed by atoms with van der Waals surface area (Å²) in [5.41, 5.74) is 2.11. The molecule has 4 nitrogen and oxygen atoms in total. The van der Waals surface area contributed by atoms with Crippen molar-refractivity contribution in [3.05, 3.63) is 54.6 Å². The van der Waals surface area contributed by atoms with Gasteiger partial charge < -0.3 is 5.32 Å². The molecule has 0 saturated carbocycles.